The minimum atomic E-state index is 0.0396. The predicted molar refractivity (Wildman–Crippen MR) is 92.2 cm³/mol. The number of rotatable bonds is 6. The van der Waals surface area contributed by atoms with E-state index in [1.807, 2.05) is 0 Å². The summed E-state index contributed by atoms with van der Waals surface area (Å²) in [6.07, 6.45) is 2.09. The minimum Gasteiger partial charge on any atom is -0.353 e. The smallest absolute Gasteiger partial charge is 0.237 e. The highest BCUT2D eigenvalue weighted by Gasteiger charge is 2.22. The SMILES string of the molecule is O=C(NCCN1CCN(Cc2ccccc2)CC1)C1CCCN1. The lowest BCUT2D eigenvalue weighted by Crippen LogP contribution is -2.49. The molecule has 2 N–H and O–H groups in total. The van der Waals surface area contributed by atoms with Crippen molar-refractivity contribution < 1.29 is 4.79 Å². The standard InChI is InChI=1S/C18H28N4O/c23-18(17-7-4-8-19-17)20-9-10-21-11-13-22(14-12-21)15-16-5-2-1-3-6-16/h1-3,5-6,17,19H,4,7-15H2,(H,20,23). The van der Waals surface area contributed by atoms with Crippen molar-refractivity contribution in [2.24, 2.45) is 0 Å². The number of carbonyl (C=O) groups is 1. The topological polar surface area (TPSA) is 47.6 Å². The molecule has 0 radical (unpaired) electrons. The van der Waals surface area contributed by atoms with Crippen molar-refractivity contribution in [1.82, 2.24) is 20.4 Å². The lowest BCUT2D eigenvalue weighted by atomic mass is 10.2. The molecule has 0 aromatic heterocycles. The van der Waals surface area contributed by atoms with Gasteiger partial charge in [-0.25, -0.2) is 0 Å². The summed E-state index contributed by atoms with van der Waals surface area (Å²) in [7, 11) is 0. The average Bonchev–Trinajstić information content (AvgIpc) is 3.12. The molecule has 2 saturated heterocycles. The van der Waals surface area contributed by atoms with Crippen LogP contribution in [0.5, 0.6) is 0 Å². The van der Waals surface area contributed by atoms with E-state index in [9.17, 15) is 4.79 Å². The van der Waals surface area contributed by atoms with Gasteiger partial charge in [0.15, 0.2) is 0 Å². The van der Waals surface area contributed by atoms with E-state index in [-0.39, 0.29) is 11.9 Å². The van der Waals surface area contributed by atoms with Crippen LogP contribution in [0.25, 0.3) is 0 Å². The molecule has 5 nitrogen and oxygen atoms in total. The summed E-state index contributed by atoms with van der Waals surface area (Å²) in [5.41, 5.74) is 1.39. The maximum Gasteiger partial charge on any atom is 0.237 e. The first-order valence-electron chi connectivity index (χ1n) is 8.81. The van der Waals surface area contributed by atoms with Gasteiger partial charge in [0.2, 0.25) is 5.91 Å². The van der Waals surface area contributed by atoms with Gasteiger partial charge in [-0.1, -0.05) is 30.3 Å². The van der Waals surface area contributed by atoms with E-state index in [4.69, 9.17) is 0 Å². The summed E-state index contributed by atoms with van der Waals surface area (Å²) in [6, 6.07) is 10.7. The van der Waals surface area contributed by atoms with Crippen LogP contribution < -0.4 is 10.6 Å². The Bertz CT molecular complexity index is 479. The zero-order chi connectivity index (χ0) is 15.9. The van der Waals surface area contributed by atoms with Crippen molar-refractivity contribution in [2.45, 2.75) is 25.4 Å². The van der Waals surface area contributed by atoms with Gasteiger partial charge in [-0.3, -0.25) is 14.6 Å². The summed E-state index contributed by atoms with van der Waals surface area (Å²) in [5, 5.41) is 6.31. The molecule has 0 saturated carbocycles. The van der Waals surface area contributed by atoms with Crippen LogP contribution in [0, 0.1) is 0 Å². The van der Waals surface area contributed by atoms with Crippen LogP contribution in [0.1, 0.15) is 18.4 Å². The molecule has 126 valence electrons. The number of hydrogen-bond donors (Lipinski definition) is 2. The molecule has 1 amide bonds. The van der Waals surface area contributed by atoms with E-state index in [0.29, 0.717) is 0 Å². The fourth-order valence-corrected chi connectivity index (χ4v) is 3.38. The molecule has 0 aliphatic carbocycles. The van der Waals surface area contributed by atoms with Crippen LogP contribution in [0.4, 0.5) is 0 Å². The molecule has 2 aliphatic rings. The molecule has 2 heterocycles. The van der Waals surface area contributed by atoms with Gasteiger partial charge in [0.1, 0.15) is 0 Å². The van der Waals surface area contributed by atoms with Crippen LogP contribution in [0.15, 0.2) is 30.3 Å². The number of nitrogens with one attached hydrogen (secondary N) is 2. The summed E-state index contributed by atoms with van der Waals surface area (Å²) < 4.78 is 0. The van der Waals surface area contributed by atoms with Crippen molar-refractivity contribution in [3.05, 3.63) is 35.9 Å². The Morgan fingerprint density at radius 2 is 1.87 bits per heavy atom. The minimum absolute atomic E-state index is 0.0396. The summed E-state index contributed by atoms with van der Waals surface area (Å²) in [4.78, 5) is 16.9. The van der Waals surface area contributed by atoms with Gasteiger partial charge in [0, 0.05) is 45.8 Å². The molecule has 1 atom stereocenters. The second-order valence-corrected chi connectivity index (χ2v) is 6.54. The number of nitrogens with zero attached hydrogens (tertiary/aromatic N) is 2. The van der Waals surface area contributed by atoms with Gasteiger partial charge in [-0.05, 0) is 24.9 Å². The molecule has 1 unspecified atom stereocenters. The molecule has 5 heteroatoms. The first-order chi connectivity index (χ1) is 11.3. The fraction of sp³-hybridized carbons (Fsp3) is 0.611. The molecule has 2 aliphatic heterocycles. The lowest BCUT2D eigenvalue weighted by Gasteiger charge is -2.34. The zero-order valence-electron chi connectivity index (χ0n) is 13.8. The molecular formula is C18H28N4O. The van der Waals surface area contributed by atoms with Crippen LogP contribution in [-0.2, 0) is 11.3 Å². The Hall–Kier alpha value is -1.43. The second-order valence-electron chi connectivity index (χ2n) is 6.54. The molecule has 3 rings (SSSR count). The highest BCUT2D eigenvalue weighted by molar-refractivity contribution is 5.81. The molecule has 1 aromatic carbocycles. The monoisotopic (exact) mass is 316 g/mol. The van der Waals surface area contributed by atoms with E-state index in [2.05, 4.69) is 50.8 Å². The van der Waals surface area contributed by atoms with Gasteiger partial charge in [-0.2, -0.15) is 0 Å². The van der Waals surface area contributed by atoms with E-state index in [1.54, 1.807) is 0 Å². The lowest BCUT2D eigenvalue weighted by molar-refractivity contribution is -0.122. The molecule has 0 bridgehead atoms. The Balaban J connectivity index is 1.31. The molecular weight excluding hydrogens is 288 g/mol. The summed E-state index contributed by atoms with van der Waals surface area (Å²) in [6.45, 7) is 8.11. The Morgan fingerprint density at radius 3 is 2.57 bits per heavy atom. The average molecular weight is 316 g/mol. The number of benzene rings is 1. The van der Waals surface area contributed by atoms with E-state index in [0.717, 1.165) is 65.2 Å². The Labute approximate surface area is 139 Å². The Morgan fingerprint density at radius 1 is 1.13 bits per heavy atom. The van der Waals surface area contributed by atoms with E-state index < -0.39 is 0 Å². The molecule has 0 spiro atoms. The third kappa shape index (κ3) is 5.03. The predicted octanol–water partition coefficient (Wildman–Crippen LogP) is 0.672. The largest absolute Gasteiger partial charge is 0.353 e. The maximum absolute atomic E-state index is 11.9. The van der Waals surface area contributed by atoms with Gasteiger partial charge in [0.25, 0.3) is 0 Å². The summed E-state index contributed by atoms with van der Waals surface area (Å²) >= 11 is 0. The number of carbonyl (C=O) groups excluding carboxylic acids is 1. The number of hydrogen-bond acceptors (Lipinski definition) is 4. The van der Waals surface area contributed by atoms with Crippen molar-refractivity contribution in [1.29, 1.82) is 0 Å². The van der Waals surface area contributed by atoms with Gasteiger partial charge < -0.3 is 10.6 Å². The van der Waals surface area contributed by atoms with Crippen LogP contribution in [-0.4, -0.2) is 67.6 Å². The normalized spacial score (nSPS) is 23.0. The highest BCUT2D eigenvalue weighted by atomic mass is 16.2. The zero-order valence-corrected chi connectivity index (χ0v) is 13.8. The fourth-order valence-electron chi connectivity index (χ4n) is 3.38. The third-order valence-electron chi connectivity index (χ3n) is 4.82. The Kier molecular flexibility index (Phi) is 6.02. The molecule has 23 heavy (non-hydrogen) atoms. The van der Waals surface area contributed by atoms with Crippen LogP contribution >= 0.6 is 0 Å². The number of amides is 1. The third-order valence-corrected chi connectivity index (χ3v) is 4.82. The highest BCUT2D eigenvalue weighted by Crippen LogP contribution is 2.08. The number of piperazine rings is 1. The van der Waals surface area contributed by atoms with Crippen molar-refractivity contribution in [2.75, 3.05) is 45.8 Å². The second kappa shape index (κ2) is 8.43. The van der Waals surface area contributed by atoms with Crippen molar-refractivity contribution in [3.8, 4) is 0 Å². The van der Waals surface area contributed by atoms with Crippen LogP contribution in [0.2, 0.25) is 0 Å². The molecule has 2 fully saturated rings. The van der Waals surface area contributed by atoms with E-state index in [1.165, 1.54) is 5.56 Å². The van der Waals surface area contributed by atoms with Crippen LogP contribution in [0.3, 0.4) is 0 Å². The quantitative estimate of drug-likeness (QED) is 0.810. The molecule has 1 aromatic rings. The van der Waals surface area contributed by atoms with Crippen molar-refractivity contribution in [3.63, 3.8) is 0 Å². The van der Waals surface area contributed by atoms with Gasteiger partial charge in [0.05, 0.1) is 6.04 Å². The van der Waals surface area contributed by atoms with E-state index >= 15 is 0 Å². The van der Waals surface area contributed by atoms with Gasteiger partial charge >= 0.3 is 0 Å². The maximum atomic E-state index is 11.9. The first-order valence-corrected chi connectivity index (χ1v) is 8.81. The van der Waals surface area contributed by atoms with Gasteiger partial charge in [-0.15, -0.1) is 0 Å². The first kappa shape index (κ1) is 16.4. The summed E-state index contributed by atoms with van der Waals surface area (Å²) in [5.74, 6) is 0.171. The van der Waals surface area contributed by atoms with Crippen molar-refractivity contribution >= 4 is 5.91 Å².